The molecule has 0 N–H and O–H groups in total. The van der Waals surface area contributed by atoms with E-state index in [1.165, 1.54) is 0 Å². The number of ether oxygens (including phenoxy) is 2. The molecule has 208 valence electrons. The normalized spacial score (nSPS) is 21.3. The van der Waals surface area contributed by atoms with Crippen molar-refractivity contribution in [3.8, 4) is 0 Å². The van der Waals surface area contributed by atoms with Crippen LogP contribution in [0.3, 0.4) is 0 Å². The summed E-state index contributed by atoms with van der Waals surface area (Å²) in [5.74, 6) is -1.04. The van der Waals surface area contributed by atoms with Gasteiger partial charge in [-0.2, -0.15) is 0 Å². The summed E-state index contributed by atoms with van der Waals surface area (Å²) in [5, 5.41) is 0.378. The number of hydrogen-bond donors (Lipinski definition) is 0. The first-order valence-electron chi connectivity index (χ1n) is 13.5. The molecule has 1 fully saturated rings. The average molecular weight is 532 g/mol. The molecule has 8 heteroatoms. The highest BCUT2D eigenvalue weighted by Crippen LogP contribution is 2.38. The maximum atomic E-state index is 12.1. The number of nitrogens with zero attached hydrogens (tertiary/aromatic N) is 1. The minimum atomic E-state index is -1.83. The molecule has 6 nitrogen and oxygen atoms in total. The number of esters is 1. The monoisotopic (exact) mass is 531 g/mol. The Bertz CT molecular complexity index is 646. The summed E-state index contributed by atoms with van der Waals surface area (Å²) in [5.41, 5.74) is 0. The van der Waals surface area contributed by atoms with Crippen molar-refractivity contribution in [1.29, 1.82) is 0 Å². The predicted octanol–water partition coefficient (Wildman–Crippen LogP) is 6.96. The summed E-state index contributed by atoms with van der Waals surface area (Å²) >= 11 is 0. The molecule has 0 bridgehead atoms. The second kappa shape index (κ2) is 12.1. The van der Waals surface area contributed by atoms with Gasteiger partial charge in [-0.15, -0.1) is 0 Å². The van der Waals surface area contributed by atoms with Gasteiger partial charge >= 0.3 is 5.97 Å². The minimum absolute atomic E-state index is 0.157. The molecule has 3 atom stereocenters. The van der Waals surface area contributed by atoms with Gasteiger partial charge in [-0.1, -0.05) is 41.5 Å². The fourth-order valence-corrected chi connectivity index (χ4v) is 6.85. The summed E-state index contributed by atoms with van der Waals surface area (Å²) in [6.45, 7) is 33.7. The molecule has 0 saturated carbocycles. The molecule has 1 aliphatic rings. The Hall–Kier alpha value is -0.256. The lowest BCUT2D eigenvalue weighted by molar-refractivity contribution is -0.160. The Morgan fingerprint density at radius 2 is 1.31 bits per heavy atom. The van der Waals surface area contributed by atoms with E-state index in [1.54, 1.807) is 13.8 Å². The van der Waals surface area contributed by atoms with Crippen LogP contribution in [0.2, 0.25) is 36.3 Å². The SMILES string of the molecule is C[C@H](CN(CCCCC1OC(C)(C)OC1=O)C[C@@H](C)O[Si](C)(C)C(C)(C)C)O[Si](C)(C)C(C)(C)C. The summed E-state index contributed by atoms with van der Waals surface area (Å²) in [6.07, 6.45) is 2.48. The molecular weight excluding hydrogens is 474 g/mol. The average Bonchev–Trinajstić information content (AvgIpc) is 2.87. The molecule has 0 aromatic carbocycles. The molecule has 1 aliphatic heterocycles. The summed E-state index contributed by atoms with van der Waals surface area (Å²) in [7, 11) is -3.67. The van der Waals surface area contributed by atoms with Crippen molar-refractivity contribution in [3.05, 3.63) is 0 Å². The summed E-state index contributed by atoms with van der Waals surface area (Å²) < 4.78 is 24.4. The number of carbonyl (C=O) groups excluding carboxylic acids is 1. The maximum Gasteiger partial charge on any atom is 0.337 e. The molecule has 1 saturated heterocycles. The lowest BCUT2D eigenvalue weighted by atomic mass is 10.1. The maximum absolute atomic E-state index is 12.1. The van der Waals surface area contributed by atoms with Crippen LogP contribution in [-0.4, -0.2) is 71.2 Å². The van der Waals surface area contributed by atoms with Gasteiger partial charge in [0.05, 0.1) is 12.2 Å². The van der Waals surface area contributed by atoms with Gasteiger partial charge in [0.15, 0.2) is 22.7 Å². The van der Waals surface area contributed by atoms with E-state index in [1.807, 2.05) is 0 Å². The van der Waals surface area contributed by atoms with Crippen LogP contribution in [0.4, 0.5) is 0 Å². The van der Waals surface area contributed by atoms with Crippen LogP contribution in [0.25, 0.3) is 0 Å². The smallest absolute Gasteiger partial charge is 0.337 e. The second-order valence-corrected chi connectivity index (χ2v) is 23.6. The van der Waals surface area contributed by atoms with Gasteiger partial charge in [0.25, 0.3) is 0 Å². The molecule has 0 aromatic rings. The van der Waals surface area contributed by atoms with Crippen LogP contribution in [-0.2, 0) is 23.1 Å². The van der Waals surface area contributed by atoms with E-state index in [0.717, 1.165) is 32.5 Å². The molecule has 0 radical (unpaired) electrons. The predicted molar refractivity (Wildman–Crippen MR) is 151 cm³/mol. The van der Waals surface area contributed by atoms with Crippen LogP contribution in [0.1, 0.15) is 88.5 Å². The van der Waals surface area contributed by atoms with Crippen LogP contribution in [0, 0.1) is 0 Å². The fourth-order valence-electron chi connectivity index (χ4n) is 3.98. The lowest BCUT2D eigenvalue weighted by Crippen LogP contribution is -2.49. The van der Waals surface area contributed by atoms with E-state index in [0.29, 0.717) is 6.42 Å². The zero-order valence-corrected chi connectivity index (χ0v) is 27.5. The van der Waals surface area contributed by atoms with Gasteiger partial charge in [-0.05, 0) is 75.9 Å². The highest BCUT2D eigenvalue weighted by Gasteiger charge is 2.41. The molecule has 1 heterocycles. The largest absolute Gasteiger partial charge is 0.432 e. The molecule has 1 rings (SSSR count). The Labute approximate surface area is 219 Å². The Kier molecular flexibility index (Phi) is 11.3. The highest BCUT2D eigenvalue weighted by molar-refractivity contribution is 6.74. The molecule has 35 heavy (non-hydrogen) atoms. The van der Waals surface area contributed by atoms with E-state index in [4.69, 9.17) is 18.3 Å². The highest BCUT2D eigenvalue weighted by atomic mass is 28.4. The third-order valence-electron chi connectivity index (χ3n) is 7.86. The van der Waals surface area contributed by atoms with Gasteiger partial charge < -0.3 is 18.3 Å². The first-order valence-corrected chi connectivity index (χ1v) is 19.4. The fraction of sp³-hybridized carbons (Fsp3) is 0.963. The van der Waals surface area contributed by atoms with Gasteiger partial charge in [-0.3, -0.25) is 4.90 Å². The Morgan fingerprint density at radius 1 is 0.886 bits per heavy atom. The first kappa shape index (κ1) is 32.8. The van der Waals surface area contributed by atoms with Crippen LogP contribution in [0.15, 0.2) is 0 Å². The van der Waals surface area contributed by atoms with E-state index < -0.39 is 28.5 Å². The molecule has 0 amide bonds. The zero-order valence-electron chi connectivity index (χ0n) is 25.5. The third-order valence-corrected chi connectivity index (χ3v) is 17.1. The van der Waals surface area contributed by atoms with Gasteiger partial charge in [0.2, 0.25) is 5.79 Å². The number of unbranched alkanes of at least 4 members (excludes halogenated alkanes) is 1. The van der Waals surface area contributed by atoms with E-state index in [2.05, 4.69) is 86.5 Å². The third kappa shape index (κ3) is 10.6. The quantitative estimate of drug-likeness (QED) is 0.145. The van der Waals surface area contributed by atoms with E-state index in [9.17, 15) is 4.79 Å². The molecule has 0 aromatic heterocycles. The first-order chi connectivity index (χ1) is 15.6. The Balaban J connectivity index is 2.76. The van der Waals surface area contributed by atoms with Crippen molar-refractivity contribution in [2.24, 2.45) is 0 Å². The molecule has 1 unspecified atom stereocenters. The van der Waals surface area contributed by atoms with E-state index >= 15 is 0 Å². The molecule has 0 aliphatic carbocycles. The van der Waals surface area contributed by atoms with Crippen LogP contribution < -0.4 is 0 Å². The van der Waals surface area contributed by atoms with Crippen molar-refractivity contribution < 1.29 is 23.1 Å². The number of hydrogen-bond acceptors (Lipinski definition) is 6. The number of carbonyl (C=O) groups is 1. The standard InChI is InChI=1S/C27H57NO5Si2/c1-21(32-34(11,12)25(3,4)5)19-28(20-22(2)33-35(13,14)26(6,7)8)18-16-15-17-23-24(29)31-27(9,10)30-23/h21-23H,15-20H2,1-14H3/t21-,22-,23?/m1/s1. The van der Waals surface area contributed by atoms with Crippen molar-refractivity contribution in [2.45, 2.75) is 149 Å². The van der Waals surface area contributed by atoms with Crippen LogP contribution in [0.5, 0.6) is 0 Å². The number of rotatable bonds is 13. The van der Waals surface area contributed by atoms with Gasteiger partial charge in [0, 0.05) is 26.9 Å². The van der Waals surface area contributed by atoms with Gasteiger partial charge in [-0.25, -0.2) is 4.79 Å². The molecule has 0 spiro atoms. The molecular formula is C27H57NO5Si2. The van der Waals surface area contributed by atoms with Crippen molar-refractivity contribution >= 4 is 22.6 Å². The van der Waals surface area contributed by atoms with Gasteiger partial charge in [0.1, 0.15) is 0 Å². The van der Waals surface area contributed by atoms with Crippen LogP contribution >= 0.6 is 0 Å². The zero-order chi connectivity index (χ0) is 27.5. The number of cyclic esters (lactones) is 1. The summed E-state index contributed by atoms with van der Waals surface area (Å²) in [4.78, 5) is 14.5. The minimum Gasteiger partial charge on any atom is -0.432 e. The van der Waals surface area contributed by atoms with E-state index in [-0.39, 0.29) is 28.3 Å². The topological polar surface area (TPSA) is 57.2 Å². The van der Waals surface area contributed by atoms with Crippen molar-refractivity contribution in [3.63, 3.8) is 0 Å². The Morgan fingerprint density at radius 3 is 1.66 bits per heavy atom. The van der Waals surface area contributed by atoms with Crippen molar-refractivity contribution in [1.82, 2.24) is 4.90 Å². The second-order valence-electron chi connectivity index (χ2n) is 14.1. The lowest BCUT2D eigenvalue weighted by Gasteiger charge is -2.41. The van der Waals surface area contributed by atoms with Crippen molar-refractivity contribution in [2.75, 3.05) is 19.6 Å². The summed E-state index contributed by atoms with van der Waals surface area (Å²) in [6, 6.07) is 0.